The molecular weight excluding hydrogens is 216 g/mol. The van der Waals surface area contributed by atoms with Gasteiger partial charge in [-0.2, -0.15) is 0 Å². The van der Waals surface area contributed by atoms with Crippen LogP contribution in [0.3, 0.4) is 0 Å². The molecule has 90 valence electrons. The van der Waals surface area contributed by atoms with Crippen LogP contribution in [0.1, 0.15) is 64.6 Å². The number of nitrogens with zero attached hydrogens (tertiary/aromatic N) is 1. The van der Waals surface area contributed by atoms with Crippen molar-refractivity contribution in [2.45, 2.75) is 58.9 Å². The topological polar surface area (TPSA) is 20.7 Å². The Morgan fingerprint density at radius 2 is 2.19 bits per heavy atom. The standard InChI is InChI=1S/C13H22N2S/c1-9(2)10-8-14-12(16)15(10)11-6-5-7-13(11,3)4/h8-9,11H,5-7H2,1-4H3,(H,14,16). The van der Waals surface area contributed by atoms with E-state index in [9.17, 15) is 0 Å². The van der Waals surface area contributed by atoms with Crippen LogP contribution in [-0.4, -0.2) is 9.55 Å². The second-order valence-electron chi connectivity index (χ2n) is 5.94. The Balaban J connectivity index is 2.47. The first-order chi connectivity index (χ1) is 7.43. The van der Waals surface area contributed by atoms with E-state index in [1.54, 1.807) is 0 Å². The van der Waals surface area contributed by atoms with Crippen LogP contribution in [0.2, 0.25) is 0 Å². The van der Waals surface area contributed by atoms with Gasteiger partial charge in [-0.15, -0.1) is 0 Å². The number of rotatable bonds is 2. The zero-order chi connectivity index (χ0) is 11.9. The summed E-state index contributed by atoms with van der Waals surface area (Å²) in [5, 5.41) is 0. The highest BCUT2D eigenvalue weighted by Crippen LogP contribution is 2.46. The molecule has 0 radical (unpaired) electrons. The lowest BCUT2D eigenvalue weighted by Crippen LogP contribution is -2.23. The van der Waals surface area contributed by atoms with Crippen LogP contribution < -0.4 is 0 Å². The quantitative estimate of drug-likeness (QED) is 0.756. The lowest BCUT2D eigenvalue weighted by atomic mass is 9.87. The van der Waals surface area contributed by atoms with Gasteiger partial charge in [0.1, 0.15) is 0 Å². The van der Waals surface area contributed by atoms with Gasteiger partial charge >= 0.3 is 0 Å². The Kier molecular flexibility index (Phi) is 2.99. The molecule has 0 aliphatic heterocycles. The number of H-pyrrole nitrogens is 1. The summed E-state index contributed by atoms with van der Waals surface area (Å²) in [6.45, 7) is 9.19. The lowest BCUT2D eigenvalue weighted by molar-refractivity contribution is 0.253. The van der Waals surface area contributed by atoms with Gasteiger partial charge < -0.3 is 9.55 Å². The third-order valence-corrected chi connectivity index (χ3v) is 4.26. The van der Waals surface area contributed by atoms with Crippen molar-refractivity contribution in [2.24, 2.45) is 5.41 Å². The van der Waals surface area contributed by atoms with E-state index < -0.39 is 0 Å². The van der Waals surface area contributed by atoms with E-state index in [1.165, 1.54) is 25.0 Å². The normalized spacial score (nSPS) is 24.2. The molecule has 0 bridgehead atoms. The third-order valence-electron chi connectivity index (χ3n) is 3.94. The first-order valence-corrected chi connectivity index (χ1v) is 6.64. The van der Waals surface area contributed by atoms with E-state index in [0.717, 1.165) is 4.77 Å². The van der Waals surface area contributed by atoms with Gasteiger partial charge in [-0.25, -0.2) is 0 Å². The minimum Gasteiger partial charge on any atom is -0.337 e. The third kappa shape index (κ3) is 1.86. The Labute approximate surface area is 103 Å². The highest BCUT2D eigenvalue weighted by atomic mass is 32.1. The highest BCUT2D eigenvalue weighted by Gasteiger charge is 2.37. The smallest absolute Gasteiger partial charge is 0.177 e. The molecule has 1 heterocycles. The average molecular weight is 238 g/mol. The van der Waals surface area contributed by atoms with Crippen LogP contribution in [0, 0.1) is 10.2 Å². The van der Waals surface area contributed by atoms with Gasteiger partial charge in [-0.05, 0) is 36.4 Å². The molecule has 0 aromatic carbocycles. The number of aromatic amines is 1. The minimum atomic E-state index is 0.379. The first kappa shape index (κ1) is 11.9. The van der Waals surface area contributed by atoms with E-state index in [0.29, 0.717) is 17.4 Å². The molecule has 16 heavy (non-hydrogen) atoms. The van der Waals surface area contributed by atoms with Gasteiger partial charge in [0.25, 0.3) is 0 Å². The Morgan fingerprint density at radius 1 is 1.50 bits per heavy atom. The summed E-state index contributed by atoms with van der Waals surface area (Å²) < 4.78 is 3.26. The highest BCUT2D eigenvalue weighted by molar-refractivity contribution is 7.71. The molecule has 1 atom stereocenters. The summed E-state index contributed by atoms with van der Waals surface area (Å²) in [5.74, 6) is 0.532. The number of hydrogen-bond donors (Lipinski definition) is 1. The summed E-state index contributed by atoms with van der Waals surface area (Å²) in [6, 6.07) is 0.573. The molecule has 1 fully saturated rings. The van der Waals surface area contributed by atoms with E-state index >= 15 is 0 Å². The van der Waals surface area contributed by atoms with Crippen molar-refractivity contribution in [1.29, 1.82) is 0 Å². The second-order valence-corrected chi connectivity index (χ2v) is 6.33. The van der Waals surface area contributed by atoms with Crippen molar-refractivity contribution < 1.29 is 0 Å². The zero-order valence-electron chi connectivity index (χ0n) is 10.7. The Hall–Kier alpha value is -0.570. The van der Waals surface area contributed by atoms with Gasteiger partial charge in [0, 0.05) is 17.9 Å². The molecule has 1 unspecified atom stereocenters. The van der Waals surface area contributed by atoms with Crippen molar-refractivity contribution in [2.75, 3.05) is 0 Å². The maximum atomic E-state index is 5.44. The largest absolute Gasteiger partial charge is 0.337 e. The molecule has 1 N–H and O–H groups in total. The van der Waals surface area contributed by atoms with Crippen molar-refractivity contribution >= 4 is 12.2 Å². The van der Waals surface area contributed by atoms with Crippen LogP contribution >= 0.6 is 12.2 Å². The molecule has 1 aromatic heterocycles. The molecule has 0 spiro atoms. The van der Waals surface area contributed by atoms with E-state index in [4.69, 9.17) is 12.2 Å². The molecule has 1 saturated carbocycles. The van der Waals surface area contributed by atoms with Crippen LogP contribution in [-0.2, 0) is 0 Å². The van der Waals surface area contributed by atoms with E-state index in [-0.39, 0.29) is 0 Å². The predicted octanol–water partition coefficient (Wildman–Crippen LogP) is 4.42. The van der Waals surface area contributed by atoms with E-state index in [1.807, 2.05) is 0 Å². The molecule has 2 nitrogen and oxygen atoms in total. The van der Waals surface area contributed by atoms with Gasteiger partial charge in [0.15, 0.2) is 4.77 Å². The van der Waals surface area contributed by atoms with Gasteiger partial charge in [-0.1, -0.05) is 34.1 Å². The average Bonchev–Trinajstić information content (AvgIpc) is 2.68. The number of nitrogens with one attached hydrogen (secondary N) is 1. The molecular formula is C13H22N2S. The Bertz CT molecular complexity index is 425. The van der Waals surface area contributed by atoms with Crippen LogP contribution in [0.15, 0.2) is 6.20 Å². The summed E-state index contributed by atoms with van der Waals surface area (Å²) in [6.07, 6.45) is 5.98. The van der Waals surface area contributed by atoms with Gasteiger partial charge in [0.05, 0.1) is 0 Å². The fourth-order valence-electron chi connectivity index (χ4n) is 2.95. The lowest BCUT2D eigenvalue weighted by Gasteiger charge is -2.30. The van der Waals surface area contributed by atoms with Gasteiger partial charge in [-0.3, -0.25) is 0 Å². The molecule has 1 aromatic rings. The molecule has 1 aliphatic carbocycles. The van der Waals surface area contributed by atoms with Crippen molar-refractivity contribution in [3.63, 3.8) is 0 Å². The summed E-state index contributed by atoms with van der Waals surface area (Å²) in [4.78, 5) is 3.21. The minimum absolute atomic E-state index is 0.379. The fraction of sp³-hybridized carbons (Fsp3) is 0.769. The molecule has 0 saturated heterocycles. The second kappa shape index (κ2) is 4.02. The van der Waals surface area contributed by atoms with Crippen molar-refractivity contribution in [3.05, 3.63) is 16.7 Å². The number of aromatic nitrogens is 2. The van der Waals surface area contributed by atoms with Gasteiger partial charge in [0.2, 0.25) is 0 Å². The molecule has 0 amide bonds. The van der Waals surface area contributed by atoms with Crippen LogP contribution in [0.5, 0.6) is 0 Å². The maximum Gasteiger partial charge on any atom is 0.177 e. The summed E-state index contributed by atoms with van der Waals surface area (Å²) in [5.41, 5.74) is 1.73. The summed E-state index contributed by atoms with van der Waals surface area (Å²) in [7, 11) is 0. The van der Waals surface area contributed by atoms with Crippen molar-refractivity contribution in [3.8, 4) is 0 Å². The number of imidazole rings is 1. The molecule has 3 heteroatoms. The fourth-order valence-corrected chi connectivity index (χ4v) is 3.24. The first-order valence-electron chi connectivity index (χ1n) is 6.23. The molecule has 1 aliphatic rings. The predicted molar refractivity (Wildman–Crippen MR) is 70.4 cm³/mol. The monoisotopic (exact) mass is 238 g/mol. The van der Waals surface area contributed by atoms with E-state index in [2.05, 4.69) is 43.4 Å². The number of hydrogen-bond acceptors (Lipinski definition) is 1. The van der Waals surface area contributed by atoms with Crippen LogP contribution in [0.4, 0.5) is 0 Å². The SMILES string of the molecule is CC(C)c1c[nH]c(=S)n1C1CCCC1(C)C. The molecule has 2 rings (SSSR count). The summed E-state index contributed by atoms with van der Waals surface area (Å²) >= 11 is 5.44. The zero-order valence-corrected chi connectivity index (χ0v) is 11.5. The Morgan fingerprint density at radius 3 is 2.69 bits per heavy atom. The maximum absolute atomic E-state index is 5.44. The van der Waals surface area contributed by atoms with Crippen LogP contribution in [0.25, 0.3) is 0 Å². The van der Waals surface area contributed by atoms with Crippen molar-refractivity contribution in [1.82, 2.24) is 9.55 Å².